The molecule has 1 heterocycles. The third-order valence-electron chi connectivity index (χ3n) is 6.62. The molecule has 5 nitrogen and oxygen atoms in total. The molecule has 2 atom stereocenters. The number of nitrogens with one attached hydrogen (secondary N) is 1. The highest BCUT2D eigenvalue weighted by atomic mass is 16.5. The predicted molar refractivity (Wildman–Crippen MR) is 123 cm³/mol. The molecule has 1 saturated carbocycles. The highest BCUT2D eigenvalue weighted by Gasteiger charge is 2.51. The van der Waals surface area contributed by atoms with Crippen LogP contribution < -0.4 is 10.1 Å². The van der Waals surface area contributed by atoms with Crippen LogP contribution in [0.25, 0.3) is 11.1 Å². The van der Waals surface area contributed by atoms with Gasteiger partial charge in [0, 0.05) is 36.3 Å². The molecule has 2 fully saturated rings. The lowest BCUT2D eigenvalue weighted by atomic mass is 9.65. The second-order valence-electron chi connectivity index (χ2n) is 10.3. The molecule has 5 heteroatoms. The van der Waals surface area contributed by atoms with Crippen molar-refractivity contribution in [2.45, 2.75) is 53.0 Å². The summed E-state index contributed by atoms with van der Waals surface area (Å²) in [6.45, 7) is 9.27. The number of likely N-dealkylation sites (tertiary alicyclic amines) is 1. The Morgan fingerprint density at radius 2 is 1.87 bits per heavy atom. The molecule has 2 amide bonds. The van der Waals surface area contributed by atoms with Crippen LogP contribution in [0.1, 0.15) is 57.3 Å². The molecule has 0 aromatic heterocycles. The Morgan fingerprint density at radius 1 is 1.10 bits per heavy atom. The van der Waals surface area contributed by atoms with Gasteiger partial charge >= 0.3 is 0 Å². The second-order valence-corrected chi connectivity index (χ2v) is 10.3. The van der Waals surface area contributed by atoms with Crippen molar-refractivity contribution in [2.75, 3.05) is 19.0 Å². The molecule has 1 aliphatic carbocycles. The van der Waals surface area contributed by atoms with E-state index in [0.717, 1.165) is 42.6 Å². The Morgan fingerprint density at radius 3 is 2.58 bits per heavy atom. The summed E-state index contributed by atoms with van der Waals surface area (Å²) in [6.07, 6.45) is 3.31. The monoisotopic (exact) mass is 420 g/mol. The average Bonchev–Trinajstić information content (AvgIpc) is 2.95. The van der Waals surface area contributed by atoms with Gasteiger partial charge in [0.25, 0.3) is 5.91 Å². The molecule has 31 heavy (non-hydrogen) atoms. The van der Waals surface area contributed by atoms with Crippen molar-refractivity contribution in [3.63, 3.8) is 0 Å². The number of hydrogen-bond donors (Lipinski definition) is 1. The molecule has 1 N–H and O–H groups in total. The summed E-state index contributed by atoms with van der Waals surface area (Å²) in [5.74, 6) is 0.626. The van der Waals surface area contributed by atoms with Crippen molar-refractivity contribution in [1.29, 1.82) is 0 Å². The summed E-state index contributed by atoms with van der Waals surface area (Å²) in [5, 5.41) is 2.81. The maximum absolute atomic E-state index is 13.5. The van der Waals surface area contributed by atoms with E-state index in [1.165, 1.54) is 6.92 Å². The maximum atomic E-state index is 13.5. The van der Waals surface area contributed by atoms with Crippen LogP contribution in [0, 0.1) is 10.8 Å². The zero-order valence-corrected chi connectivity index (χ0v) is 19.1. The van der Waals surface area contributed by atoms with Gasteiger partial charge in [-0.25, -0.2) is 0 Å². The van der Waals surface area contributed by atoms with Crippen molar-refractivity contribution in [1.82, 2.24) is 4.90 Å². The minimum Gasteiger partial charge on any atom is -0.496 e. The van der Waals surface area contributed by atoms with Crippen LogP contribution in [0.5, 0.6) is 5.75 Å². The number of nitrogens with zero attached hydrogens (tertiary/aromatic N) is 1. The number of rotatable bonds is 4. The van der Waals surface area contributed by atoms with Crippen molar-refractivity contribution in [3.05, 3.63) is 48.0 Å². The fourth-order valence-electron chi connectivity index (χ4n) is 5.89. The van der Waals surface area contributed by atoms with Crippen LogP contribution in [-0.4, -0.2) is 36.4 Å². The molecule has 0 spiro atoms. The maximum Gasteiger partial charge on any atom is 0.254 e. The lowest BCUT2D eigenvalue weighted by molar-refractivity contribution is -0.114. The second kappa shape index (κ2) is 7.70. The average molecular weight is 421 g/mol. The van der Waals surface area contributed by atoms with Crippen LogP contribution in [-0.2, 0) is 4.79 Å². The van der Waals surface area contributed by atoms with E-state index in [4.69, 9.17) is 4.74 Å². The summed E-state index contributed by atoms with van der Waals surface area (Å²) in [7, 11) is 1.62. The molecule has 1 saturated heterocycles. The standard InChI is InChI=1S/C26H32N2O3/c1-17(29)27-20-8-6-7-18(11-20)22-10-9-19(12-23(22)31-5)24(30)28-16-26(4)14-21(28)13-25(2,3)15-26/h6-12,21H,13-16H2,1-5H3,(H,27,29)/t21-,26+/m0/s1. The summed E-state index contributed by atoms with van der Waals surface area (Å²) < 4.78 is 5.66. The quantitative estimate of drug-likeness (QED) is 0.724. The topological polar surface area (TPSA) is 58.6 Å². The minimum atomic E-state index is -0.113. The van der Waals surface area contributed by atoms with E-state index in [1.807, 2.05) is 42.5 Å². The highest BCUT2D eigenvalue weighted by molar-refractivity contribution is 5.96. The summed E-state index contributed by atoms with van der Waals surface area (Å²) in [4.78, 5) is 26.9. The SMILES string of the molecule is COc1cc(C(=O)N2C[C@]3(C)C[C@@H]2CC(C)(C)C3)ccc1-c1cccc(NC(C)=O)c1. The third kappa shape index (κ3) is 4.32. The van der Waals surface area contributed by atoms with Crippen LogP contribution in [0.3, 0.4) is 0 Å². The molecule has 2 bridgehead atoms. The zero-order valence-electron chi connectivity index (χ0n) is 19.1. The molecular formula is C26H32N2O3. The van der Waals surface area contributed by atoms with E-state index in [9.17, 15) is 9.59 Å². The van der Waals surface area contributed by atoms with Gasteiger partial charge in [-0.15, -0.1) is 0 Å². The Kier molecular flexibility index (Phi) is 5.32. The van der Waals surface area contributed by atoms with Gasteiger partial charge in [-0.2, -0.15) is 0 Å². The van der Waals surface area contributed by atoms with Crippen LogP contribution >= 0.6 is 0 Å². The van der Waals surface area contributed by atoms with Gasteiger partial charge in [0.05, 0.1) is 7.11 Å². The number of benzene rings is 2. The third-order valence-corrected chi connectivity index (χ3v) is 6.62. The summed E-state index contributed by atoms with van der Waals surface area (Å²) in [6, 6.07) is 13.6. The molecule has 0 unspecified atom stereocenters. The van der Waals surface area contributed by atoms with Crippen molar-refractivity contribution in [2.24, 2.45) is 10.8 Å². The molecule has 2 aromatic rings. The van der Waals surface area contributed by atoms with E-state index < -0.39 is 0 Å². The molecule has 0 radical (unpaired) electrons. The Hall–Kier alpha value is -2.82. The van der Waals surface area contributed by atoms with E-state index >= 15 is 0 Å². The number of anilines is 1. The number of hydrogen-bond acceptors (Lipinski definition) is 3. The van der Waals surface area contributed by atoms with Gasteiger partial charge in [-0.3, -0.25) is 9.59 Å². The molecule has 2 aliphatic rings. The number of amides is 2. The van der Waals surface area contributed by atoms with E-state index in [-0.39, 0.29) is 22.6 Å². The fourth-order valence-corrected chi connectivity index (χ4v) is 5.89. The molecule has 1 aliphatic heterocycles. The molecule has 2 aromatic carbocycles. The Balaban J connectivity index is 1.62. The Bertz CT molecular complexity index is 1030. The first-order valence-corrected chi connectivity index (χ1v) is 11.0. The highest BCUT2D eigenvalue weighted by Crippen LogP contribution is 2.52. The predicted octanol–water partition coefficient (Wildman–Crippen LogP) is 5.36. The van der Waals surface area contributed by atoms with Gasteiger partial charge < -0.3 is 15.0 Å². The van der Waals surface area contributed by atoms with E-state index in [2.05, 4.69) is 31.0 Å². The van der Waals surface area contributed by atoms with E-state index in [0.29, 0.717) is 17.4 Å². The van der Waals surface area contributed by atoms with Crippen LogP contribution in [0.2, 0.25) is 0 Å². The van der Waals surface area contributed by atoms with Gasteiger partial charge in [-0.1, -0.05) is 32.9 Å². The number of ether oxygens (including phenoxy) is 1. The molecule has 4 rings (SSSR count). The number of carbonyl (C=O) groups excluding carboxylic acids is 2. The van der Waals surface area contributed by atoms with Crippen LogP contribution in [0.15, 0.2) is 42.5 Å². The van der Waals surface area contributed by atoms with E-state index in [1.54, 1.807) is 7.11 Å². The Labute approximate surface area is 184 Å². The number of methoxy groups -OCH3 is 1. The first-order valence-electron chi connectivity index (χ1n) is 11.0. The first-order chi connectivity index (χ1) is 14.6. The normalized spacial score (nSPS) is 24.0. The van der Waals surface area contributed by atoms with Gasteiger partial charge in [0.15, 0.2) is 0 Å². The fraction of sp³-hybridized carbons (Fsp3) is 0.462. The largest absolute Gasteiger partial charge is 0.496 e. The first kappa shape index (κ1) is 21.4. The van der Waals surface area contributed by atoms with Crippen LogP contribution in [0.4, 0.5) is 5.69 Å². The van der Waals surface area contributed by atoms with Gasteiger partial charge in [0.2, 0.25) is 5.91 Å². The lowest BCUT2D eigenvalue weighted by Gasteiger charge is -2.39. The zero-order chi connectivity index (χ0) is 22.4. The number of fused-ring (bicyclic) bond motifs is 2. The van der Waals surface area contributed by atoms with Crippen molar-refractivity contribution < 1.29 is 14.3 Å². The lowest BCUT2D eigenvalue weighted by Crippen LogP contribution is -2.37. The molecule has 164 valence electrons. The van der Waals surface area contributed by atoms with Gasteiger partial charge in [-0.05, 0) is 66.0 Å². The smallest absolute Gasteiger partial charge is 0.254 e. The van der Waals surface area contributed by atoms with Crippen molar-refractivity contribution >= 4 is 17.5 Å². The number of carbonyl (C=O) groups is 2. The summed E-state index contributed by atoms with van der Waals surface area (Å²) in [5.41, 5.74) is 3.68. The van der Waals surface area contributed by atoms with Crippen molar-refractivity contribution in [3.8, 4) is 16.9 Å². The van der Waals surface area contributed by atoms with Gasteiger partial charge in [0.1, 0.15) is 5.75 Å². The minimum absolute atomic E-state index is 0.0864. The molecular weight excluding hydrogens is 388 g/mol. The summed E-state index contributed by atoms with van der Waals surface area (Å²) >= 11 is 0.